The van der Waals surface area contributed by atoms with Gasteiger partial charge >= 0.3 is 0 Å². The molecule has 14 heavy (non-hydrogen) atoms. The molecule has 0 aliphatic heterocycles. The van der Waals surface area contributed by atoms with Gasteiger partial charge in [-0.2, -0.15) is 0 Å². The third kappa shape index (κ3) is 3.89. The molecule has 1 aromatic rings. The fraction of sp³-hybridized carbons (Fsp3) is 0.700. The zero-order valence-corrected chi connectivity index (χ0v) is 8.69. The molecule has 0 aromatic carbocycles. The molecule has 1 heterocycles. The van der Waals surface area contributed by atoms with Crippen molar-refractivity contribution in [3.05, 3.63) is 18.7 Å². The van der Waals surface area contributed by atoms with Gasteiger partial charge in [-0.25, -0.2) is 4.98 Å². The number of aromatic nitrogens is 2. The van der Waals surface area contributed by atoms with Crippen LogP contribution in [0.25, 0.3) is 0 Å². The van der Waals surface area contributed by atoms with Crippen LogP contribution < -0.4 is 5.32 Å². The van der Waals surface area contributed by atoms with Crippen LogP contribution in [-0.2, 0) is 6.54 Å². The maximum atomic E-state index is 9.09. The van der Waals surface area contributed by atoms with E-state index in [1.807, 2.05) is 10.8 Å². The first-order valence-electron chi connectivity index (χ1n) is 5.16. The summed E-state index contributed by atoms with van der Waals surface area (Å²) in [7, 11) is 0. The lowest BCUT2D eigenvalue weighted by Gasteiger charge is -2.15. The predicted molar refractivity (Wildman–Crippen MR) is 56.0 cm³/mol. The third-order valence-corrected chi connectivity index (χ3v) is 2.20. The van der Waals surface area contributed by atoms with Crippen LogP contribution in [0.2, 0.25) is 0 Å². The standard InChI is InChI=1S/C10H19N3O/c1-2-4-12-10(8-14)3-6-13-7-5-11-9-13/h5,7,9-10,12,14H,2-4,6,8H2,1H3. The largest absolute Gasteiger partial charge is 0.395 e. The maximum Gasteiger partial charge on any atom is 0.0945 e. The fourth-order valence-electron chi connectivity index (χ4n) is 1.33. The number of rotatable bonds is 7. The highest BCUT2D eigenvalue weighted by atomic mass is 16.3. The Bertz CT molecular complexity index is 223. The first-order valence-corrected chi connectivity index (χ1v) is 5.16. The van der Waals surface area contributed by atoms with E-state index in [4.69, 9.17) is 5.11 Å². The summed E-state index contributed by atoms with van der Waals surface area (Å²) in [6.45, 7) is 4.20. The second-order valence-electron chi connectivity index (χ2n) is 3.42. The topological polar surface area (TPSA) is 50.1 Å². The monoisotopic (exact) mass is 197 g/mol. The van der Waals surface area contributed by atoms with E-state index in [2.05, 4.69) is 17.2 Å². The second-order valence-corrected chi connectivity index (χ2v) is 3.42. The average Bonchev–Trinajstić information content (AvgIpc) is 2.71. The smallest absolute Gasteiger partial charge is 0.0945 e. The molecule has 1 aromatic heterocycles. The SMILES string of the molecule is CCCNC(CO)CCn1ccnc1. The molecule has 1 atom stereocenters. The van der Waals surface area contributed by atoms with E-state index in [9.17, 15) is 0 Å². The number of imidazole rings is 1. The molecule has 4 nitrogen and oxygen atoms in total. The lowest BCUT2D eigenvalue weighted by molar-refractivity contribution is 0.231. The van der Waals surface area contributed by atoms with E-state index in [-0.39, 0.29) is 12.6 Å². The number of hydrogen-bond acceptors (Lipinski definition) is 3. The Morgan fingerprint density at radius 3 is 3.00 bits per heavy atom. The Labute approximate surface area is 85.0 Å². The summed E-state index contributed by atoms with van der Waals surface area (Å²) >= 11 is 0. The number of aliphatic hydroxyl groups is 1. The highest BCUT2D eigenvalue weighted by Crippen LogP contribution is 1.96. The summed E-state index contributed by atoms with van der Waals surface area (Å²) in [5, 5.41) is 12.4. The molecule has 0 amide bonds. The Kier molecular flexibility index (Phi) is 5.25. The van der Waals surface area contributed by atoms with E-state index in [0.717, 1.165) is 25.9 Å². The summed E-state index contributed by atoms with van der Waals surface area (Å²) < 4.78 is 2.02. The van der Waals surface area contributed by atoms with Gasteiger partial charge in [-0.05, 0) is 19.4 Å². The van der Waals surface area contributed by atoms with Crippen molar-refractivity contribution in [2.45, 2.75) is 32.4 Å². The Hall–Kier alpha value is -0.870. The van der Waals surface area contributed by atoms with Gasteiger partial charge in [0.25, 0.3) is 0 Å². The summed E-state index contributed by atoms with van der Waals surface area (Å²) in [5.74, 6) is 0. The molecule has 4 heteroatoms. The van der Waals surface area contributed by atoms with Gasteiger partial charge in [0.1, 0.15) is 0 Å². The Morgan fingerprint density at radius 1 is 1.57 bits per heavy atom. The molecule has 0 saturated carbocycles. The lowest BCUT2D eigenvalue weighted by Crippen LogP contribution is -2.33. The van der Waals surface area contributed by atoms with E-state index in [1.165, 1.54) is 0 Å². The molecular weight excluding hydrogens is 178 g/mol. The second kappa shape index (κ2) is 6.56. The van der Waals surface area contributed by atoms with Crippen LogP contribution in [0.4, 0.5) is 0 Å². The van der Waals surface area contributed by atoms with Crippen LogP contribution in [0, 0.1) is 0 Å². The minimum absolute atomic E-state index is 0.203. The van der Waals surface area contributed by atoms with Gasteiger partial charge in [-0.1, -0.05) is 6.92 Å². The highest BCUT2D eigenvalue weighted by molar-refractivity contribution is 4.75. The molecule has 2 N–H and O–H groups in total. The molecule has 1 unspecified atom stereocenters. The van der Waals surface area contributed by atoms with Gasteiger partial charge in [0, 0.05) is 25.0 Å². The summed E-state index contributed by atoms with van der Waals surface area (Å²) in [5.41, 5.74) is 0. The van der Waals surface area contributed by atoms with Crippen molar-refractivity contribution < 1.29 is 5.11 Å². The van der Waals surface area contributed by atoms with Crippen LogP contribution in [0.3, 0.4) is 0 Å². The molecule has 0 radical (unpaired) electrons. The van der Waals surface area contributed by atoms with Crippen LogP contribution >= 0.6 is 0 Å². The lowest BCUT2D eigenvalue weighted by atomic mass is 10.2. The van der Waals surface area contributed by atoms with E-state index in [1.54, 1.807) is 12.5 Å². The van der Waals surface area contributed by atoms with Gasteiger partial charge in [-0.3, -0.25) is 0 Å². The van der Waals surface area contributed by atoms with Crippen molar-refractivity contribution in [3.8, 4) is 0 Å². The van der Waals surface area contributed by atoms with Crippen molar-refractivity contribution in [2.24, 2.45) is 0 Å². The zero-order valence-electron chi connectivity index (χ0n) is 8.69. The summed E-state index contributed by atoms with van der Waals surface area (Å²) in [4.78, 5) is 3.97. The van der Waals surface area contributed by atoms with Crippen molar-refractivity contribution in [3.63, 3.8) is 0 Å². The molecule has 0 bridgehead atoms. The van der Waals surface area contributed by atoms with Crippen LogP contribution in [-0.4, -0.2) is 33.9 Å². The first kappa shape index (κ1) is 11.2. The zero-order chi connectivity index (χ0) is 10.2. The number of aliphatic hydroxyl groups excluding tert-OH is 1. The average molecular weight is 197 g/mol. The maximum absolute atomic E-state index is 9.09. The highest BCUT2D eigenvalue weighted by Gasteiger charge is 2.05. The van der Waals surface area contributed by atoms with Gasteiger partial charge in [-0.15, -0.1) is 0 Å². The van der Waals surface area contributed by atoms with E-state index in [0.29, 0.717) is 0 Å². The molecule has 80 valence electrons. The molecule has 0 aliphatic rings. The Morgan fingerprint density at radius 2 is 2.43 bits per heavy atom. The number of nitrogens with zero attached hydrogens (tertiary/aromatic N) is 2. The normalized spacial score (nSPS) is 13.0. The van der Waals surface area contributed by atoms with E-state index < -0.39 is 0 Å². The minimum Gasteiger partial charge on any atom is -0.395 e. The molecular formula is C10H19N3O. The minimum atomic E-state index is 0.203. The van der Waals surface area contributed by atoms with Gasteiger partial charge in [0.2, 0.25) is 0 Å². The molecule has 0 saturated heterocycles. The number of hydrogen-bond donors (Lipinski definition) is 2. The van der Waals surface area contributed by atoms with Gasteiger partial charge < -0.3 is 15.0 Å². The molecule has 1 rings (SSSR count). The quantitative estimate of drug-likeness (QED) is 0.674. The third-order valence-electron chi connectivity index (χ3n) is 2.20. The van der Waals surface area contributed by atoms with Crippen molar-refractivity contribution in [2.75, 3.05) is 13.2 Å². The molecule has 0 aliphatic carbocycles. The Balaban J connectivity index is 2.20. The predicted octanol–water partition coefficient (Wildman–Crippen LogP) is 0.634. The van der Waals surface area contributed by atoms with Crippen LogP contribution in [0.15, 0.2) is 18.7 Å². The van der Waals surface area contributed by atoms with Crippen molar-refractivity contribution in [1.82, 2.24) is 14.9 Å². The first-order chi connectivity index (χ1) is 6.86. The van der Waals surface area contributed by atoms with Gasteiger partial charge in [0.15, 0.2) is 0 Å². The van der Waals surface area contributed by atoms with Gasteiger partial charge in [0.05, 0.1) is 12.9 Å². The number of nitrogens with one attached hydrogen (secondary N) is 1. The fourth-order valence-corrected chi connectivity index (χ4v) is 1.33. The van der Waals surface area contributed by atoms with Crippen LogP contribution in [0.5, 0.6) is 0 Å². The summed E-state index contributed by atoms with van der Waals surface area (Å²) in [6.07, 6.45) is 7.55. The number of aryl methyl sites for hydroxylation is 1. The van der Waals surface area contributed by atoms with E-state index >= 15 is 0 Å². The molecule has 0 fully saturated rings. The van der Waals surface area contributed by atoms with Crippen LogP contribution in [0.1, 0.15) is 19.8 Å². The summed E-state index contributed by atoms with van der Waals surface area (Å²) in [6, 6.07) is 0.206. The van der Waals surface area contributed by atoms with Crippen molar-refractivity contribution in [1.29, 1.82) is 0 Å². The van der Waals surface area contributed by atoms with Crippen molar-refractivity contribution >= 4 is 0 Å². The molecule has 0 spiro atoms.